The van der Waals surface area contributed by atoms with E-state index in [0.29, 0.717) is 23.4 Å². The summed E-state index contributed by atoms with van der Waals surface area (Å²) in [4.78, 5) is 12.3. The second-order valence-electron chi connectivity index (χ2n) is 5.34. The van der Waals surface area contributed by atoms with E-state index < -0.39 is 10.0 Å². The van der Waals surface area contributed by atoms with Gasteiger partial charge in [0.2, 0.25) is 10.0 Å². The van der Waals surface area contributed by atoms with Gasteiger partial charge in [-0.25, -0.2) is 8.42 Å². The van der Waals surface area contributed by atoms with Crippen LogP contribution < -0.4 is 10.0 Å². The normalized spacial score (nSPS) is 11.0. The van der Waals surface area contributed by atoms with Crippen LogP contribution in [0.1, 0.15) is 21.5 Å². The third kappa shape index (κ3) is 5.10. The SMILES string of the molecule is Cc1c(NS(C)(=O)=O)cccc1C(=O)NCCc1ccccc1. The molecule has 5 nitrogen and oxygen atoms in total. The smallest absolute Gasteiger partial charge is 0.251 e. The molecular weight excluding hydrogens is 312 g/mol. The summed E-state index contributed by atoms with van der Waals surface area (Å²) < 4.78 is 25.1. The number of anilines is 1. The van der Waals surface area contributed by atoms with Gasteiger partial charge in [0.25, 0.3) is 5.91 Å². The fourth-order valence-corrected chi connectivity index (χ4v) is 2.87. The van der Waals surface area contributed by atoms with Crippen molar-refractivity contribution < 1.29 is 13.2 Å². The molecule has 0 aromatic heterocycles. The number of carbonyl (C=O) groups excluding carboxylic acids is 1. The van der Waals surface area contributed by atoms with E-state index in [1.807, 2.05) is 30.3 Å². The fourth-order valence-electron chi connectivity index (χ4n) is 2.25. The van der Waals surface area contributed by atoms with Crippen LogP contribution in [0.5, 0.6) is 0 Å². The Kier molecular flexibility index (Phi) is 5.39. The van der Waals surface area contributed by atoms with E-state index in [1.54, 1.807) is 25.1 Å². The summed E-state index contributed by atoms with van der Waals surface area (Å²) in [5, 5.41) is 2.86. The summed E-state index contributed by atoms with van der Waals surface area (Å²) in [7, 11) is -3.38. The Balaban J connectivity index is 2.03. The maximum Gasteiger partial charge on any atom is 0.251 e. The first kappa shape index (κ1) is 17.0. The van der Waals surface area contributed by atoms with Gasteiger partial charge in [0, 0.05) is 12.1 Å². The lowest BCUT2D eigenvalue weighted by Crippen LogP contribution is -2.26. The van der Waals surface area contributed by atoms with Crippen molar-refractivity contribution in [3.8, 4) is 0 Å². The Bertz CT molecular complexity index is 787. The minimum absolute atomic E-state index is 0.212. The Hall–Kier alpha value is -2.34. The van der Waals surface area contributed by atoms with Gasteiger partial charge in [0.05, 0.1) is 11.9 Å². The maximum atomic E-state index is 12.3. The van der Waals surface area contributed by atoms with E-state index in [2.05, 4.69) is 10.0 Å². The highest BCUT2D eigenvalue weighted by Crippen LogP contribution is 2.19. The minimum atomic E-state index is -3.38. The zero-order valence-corrected chi connectivity index (χ0v) is 14.0. The number of benzene rings is 2. The lowest BCUT2D eigenvalue weighted by Gasteiger charge is -2.12. The first-order chi connectivity index (χ1) is 10.9. The van der Waals surface area contributed by atoms with E-state index in [1.165, 1.54) is 0 Å². The summed E-state index contributed by atoms with van der Waals surface area (Å²) in [6.07, 6.45) is 1.83. The highest BCUT2D eigenvalue weighted by molar-refractivity contribution is 7.92. The molecule has 23 heavy (non-hydrogen) atoms. The molecule has 2 rings (SSSR count). The average molecular weight is 332 g/mol. The van der Waals surface area contributed by atoms with Crippen molar-refractivity contribution in [3.63, 3.8) is 0 Å². The van der Waals surface area contributed by atoms with Crippen LogP contribution in [0.3, 0.4) is 0 Å². The molecule has 0 fully saturated rings. The van der Waals surface area contributed by atoms with Crippen molar-refractivity contribution in [2.24, 2.45) is 0 Å². The molecule has 0 atom stereocenters. The van der Waals surface area contributed by atoms with Crippen molar-refractivity contribution in [2.75, 3.05) is 17.5 Å². The quantitative estimate of drug-likeness (QED) is 0.852. The van der Waals surface area contributed by atoms with Crippen LogP contribution in [0, 0.1) is 6.92 Å². The van der Waals surface area contributed by atoms with E-state index in [9.17, 15) is 13.2 Å². The lowest BCUT2D eigenvalue weighted by atomic mass is 10.1. The Labute approximate surface area is 136 Å². The van der Waals surface area contributed by atoms with Crippen LogP contribution in [0.15, 0.2) is 48.5 Å². The molecule has 1 amide bonds. The molecule has 0 saturated carbocycles. The highest BCUT2D eigenvalue weighted by atomic mass is 32.2. The molecule has 2 aromatic rings. The summed E-state index contributed by atoms with van der Waals surface area (Å²) >= 11 is 0. The summed E-state index contributed by atoms with van der Waals surface area (Å²) in [5.41, 5.74) is 2.64. The second-order valence-corrected chi connectivity index (χ2v) is 7.09. The summed E-state index contributed by atoms with van der Waals surface area (Å²) in [6, 6.07) is 14.9. The molecule has 2 aromatic carbocycles. The Morgan fingerprint density at radius 3 is 2.39 bits per heavy atom. The molecule has 0 saturated heterocycles. The fraction of sp³-hybridized carbons (Fsp3) is 0.235. The Morgan fingerprint density at radius 2 is 1.74 bits per heavy atom. The molecular formula is C17H20N2O3S. The molecule has 0 aliphatic heterocycles. The molecule has 0 aliphatic carbocycles. The minimum Gasteiger partial charge on any atom is -0.352 e. The van der Waals surface area contributed by atoms with Crippen LogP contribution in [0.2, 0.25) is 0 Å². The van der Waals surface area contributed by atoms with E-state index in [-0.39, 0.29) is 5.91 Å². The molecule has 0 spiro atoms. The van der Waals surface area contributed by atoms with Gasteiger partial charge >= 0.3 is 0 Å². The second kappa shape index (κ2) is 7.28. The number of amides is 1. The maximum absolute atomic E-state index is 12.3. The van der Waals surface area contributed by atoms with Crippen LogP contribution in [-0.2, 0) is 16.4 Å². The molecule has 6 heteroatoms. The predicted molar refractivity (Wildman–Crippen MR) is 92.1 cm³/mol. The number of rotatable bonds is 6. The molecule has 0 unspecified atom stereocenters. The van der Waals surface area contributed by atoms with Gasteiger partial charge < -0.3 is 5.32 Å². The lowest BCUT2D eigenvalue weighted by molar-refractivity contribution is 0.0953. The zero-order chi connectivity index (χ0) is 16.9. The molecule has 0 bridgehead atoms. The van der Waals surface area contributed by atoms with Gasteiger partial charge in [0.1, 0.15) is 0 Å². The third-order valence-corrected chi connectivity index (χ3v) is 4.01. The summed E-state index contributed by atoms with van der Waals surface area (Å²) in [6.45, 7) is 2.24. The van der Waals surface area contributed by atoms with Crippen LogP contribution in [-0.4, -0.2) is 27.1 Å². The topological polar surface area (TPSA) is 75.3 Å². The first-order valence-electron chi connectivity index (χ1n) is 7.26. The van der Waals surface area contributed by atoms with E-state index in [4.69, 9.17) is 0 Å². The van der Waals surface area contributed by atoms with E-state index >= 15 is 0 Å². The molecule has 2 N–H and O–H groups in total. The highest BCUT2D eigenvalue weighted by Gasteiger charge is 2.13. The van der Waals surface area contributed by atoms with Crippen LogP contribution in [0.4, 0.5) is 5.69 Å². The summed E-state index contributed by atoms with van der Waals surface area (Å²) in [5.74, 6) is -0.212. The van der Waals surface area contributed by atoms with Crippen molar-refractivity contribution >= 4 is 21.6 Å². The average Bonchev–Trinajstić information content (AvgIpc) is 2.49. The number of nitrogens with one attached hydrogen (secondary N) is 2. The van der Waals surface area contributed by atoms with E-state index in [0.717, 1.165) is 18.2 Å². The van der Waals surface area contributed by atoms with Crippen molar-refractivity contribution in [2.45, 2.75) is 13.3 Å². The molecule has 122 valence electrons. The molecule has 0 heterocycles. The van der Waals surface area contributed by atoms with Gasteiger partial charge in [-0.3, -0.25) is 9.52 Å². The first-order valence-corrected chi connectivity index (χ1v) is 9.15. The number of carbonyl (C=O) groups is 1. The van der Waals surface area contributed by atoms with Gasteiger partial charge in [-0.05, 0) is 36.6 Å². The largest absolute Gasteiger partial charge is 0.352 e. The van der Waals surface area contributed by atoms with Gasteiger partial charge in [-0.2, -0.15) is 0 Å². The van der Waals surface area contributed by atoms with Crippen LogP contribution in [0.25, 0.3) is 0 Å². The van der Waals surface area contributed by atoms with Crippen molar-refractivity contribution in [1.29, 1.82) is 0 Å². The predicted octanol–water partition coefficient (Wildman–Crippen LogP) is 2.34. The monoisotopic (exact) mass is 332 g/mol. The number of hydrogen-bond donors (Lipinski definition) is 2. The Morgan fingerprint density at radius 1 is 1.04 bits per heavy atom. The van der Waals surface area contributed by atoms with Gasteiger partial charge in [-0.1, -0.05) is 36.4 Å². The van der Waals surface area contributed by atoms with Gasteiger partial charge in [0.15, 0.2) is 0 Å². The van der Waals surface area contributed by atoms with Crippen LogP contribution >= 0.6 is 0 Å². The zero-order valence-electron chi connectivity index (χ0n) is 13.2. The molecule has 0 radical (unpaired) electrons. The van der Waals surface area contributed by atoms with Crippen molar-refractivity contribution in [1.82, 2.24) is 5.32 Å². The third-order valence-electron chi connectivity index (χ3n) is 3.42. The van der Waals surface area contributed by atoms with Gasteiger partial charge in [-0.15, -0.1) is 0 Å². The number of hydrogen-bond acceptors (Lipinski definition) is 3. The number of sulfonamides is 1. The standard InChI is InChI=1S/C17H20N2O3S/c1-13-15(9-6-10-16(13)19-23(2,21)22)17(20)18-12-11-14-7-4-3-5-8-14/h3-10,19H,11-12H2,1-2H3,(H,18,20). The molecule has 0 aliphatic rings. The van der Waals surface area contributed by atoms with Crippen molar-refractivity contribution in [3.05, 3.63) is 65.2 Å².